The number of hydrogen-bond donors (Lipinski definition) is 1. The number of fused-ring (bicyclic) bond motifs is 1. The first-order valence-corrected chi connectivity index (χ1v) is 14.0. The van der Waals surface area contributed by atoms with Crippen molar-refractivity contribution in [3.05, 3.63) is 70.9 Å². The lowest BCUT2D eigenvalue weighted by Crippen LogP contribution is -2.49. The summed E-state index contributed by atoms with van der Waals surface area (Å²) >= 11 is 0. The van der Waals surface area contributed by atoms with E-state index in [9.17, 15) is 9.59 Å². The Labute approximate surface area is 230 Å². The molecular weight excluding hydrogens is 490 g/mol. The van der Waals surface area contributed by atoms with Crippen LogP contribution >= 0.6 is 0 Å². The first-order chi connectivity index (χ1) is 18.7. The van der Waals surface area contributed by atoms with Gasteiger partial charge in [-0.05, 0) is 56.2 Å². The molecule has 1 aliphatic carbocycles. The van der Waals surface area contributed by atoms with Gasteiger partial charge in [0.15, 0.2) is 5.65 Å². The summed E-state index contributed by atoms with van der Waals surface area (Å²) in [6, 6.07) is 9.24. The number of hydrogen-bond acceptors (Lipinski definition) is 7. The van der Waals surface area contributed by atoms with Crippen LogP contribution in [0, 0.1) is 5.92 Å². The lowest BCUT2D eigenvalue weighted by Gasteiger charge is -2.40. The molecule has 5 rings (SSSR count). The van der Waals surface area contributed by atoms with E-state index < -0.39 is 0 Å². The van der Waals surface area contributed by atoms with Crippen LogP contribution in [0.3, 0.4) is 0 Å². The molecular formula is C30H39N7O2. The van der Waals surface area contributed by atoms with Crippen LogP contribution in [0.1, 0.15) is 70.2 Å². The van der Waals surface area contributed by atoms with Gasteiger partial charge in [0.2, 0.25) is 11.9 Å². The van der Waals surface area contributed by atoms with Crippen molar-refractivity contribution in [3.8, 4) is 0 Å². The highest BCUT2D eigenvalue weighted by Crippen LogP contribution is 2.48. The molecule has 1 amide bonds. The van der Waals surface area contributed by atoms with Gasteiger partial charge in [0.05, 0.1) is 10.9 Å². The van der Waals surface area contributed by atoms with Gasteiger partial charge in [-0.2, -0.15) is 4.98 Å². The van der Waals surface area contributed by atoms with Gasteiger partial charge in [-0.15, -0.1) is 0 Å². The maximum absolute atomic E-state index is 12.4. The quantitative estimate of drug-likeness (QED) is 0.413. The molecule has 206 valence electrons. The van der Waals surface area contributed by atoms with E-state index in [1.165, 1.54) is 23.4 Å². The number of carbonyl (C=O) groups is 1. The average Bonchev–Trinajstić information content (AvgIpc) is 3.71. The summed E-state index contributed by atoms with van der Waals surface area (Å²) in [5.74, 6) is 1.09. The first kappa shape index (κ1) is 27.0. The third-order valence-electron chi connectivity index (χ3n) is 7.95. The number of rotatable bonds is 9. The van der Waals surface area contributed by atoms with Crippen LogP contribution in [0.5, 0.6) is 0 Å². The van der Waals surface area contributed by atoms with Gasteiger partial charge in [0, 0.05) is 50.7 Å². The van der Waals surface area contributed by atoms with Crippen LogP contribution in [0.25, 0.3) is 11.0 Å². The van der Waals surface area contributed by atoms with Gasteiger partial charge in [-0.25, -0.2) is 14.8 Å². The summed E-state index contributed by atoms with van der Waals surface area (Å²) in [5, 5.41) is 4.32. The van der Waals surface area contributed by atoms with Gasteiger partial charge in [-0.3, -0.25) is 14.3 Å². The molecule has 0 bridgehead atoms. The molecule has 2 aliphatic rings. The number of nitrogens with one attached hydrogen (secondary N) is 1. The van der Waals surface area contributed by atoms with E-state index in [1.807, 2.05) is 18.7 Å². The van der Waals surface area contributed by atoms with Gasteiger partial charge in [0.25, 0.3) is 0 Å². The first-order valence-electron chi connectivity index (χ1n) is 14.0. The largest absolute Gasteiger partial charge is 0.349 e. The molecule has 9 nitrogen and oxygen atoms in total. The van der Waals surface area contributed by atoms with Gasteiger partial charge in [-0.1, -0.05) is 44.7 Å². The Kier molecular flexibility index (Phi) is 7.53. The molecule has 3 aromatic rings. The Hall–Kier alpha value is -3.59. The SMILES string of the molecule is C=CC(=O)N1CCN(C(CC(C)C)c2ccc(C3(Nc4ncc5cnc(=O)n(C(C)C)c5n4)CC3)cc2)CC1. The minimum Gasteiger partial charge on any atom is -0.345 e. The van der Waals surface area contributed by atoms with E-state index in [4.69, 9.17) is 4.98 Å². The van der Waals surface area contributed by atoms with Gasteiger partial charge in [0.1, 0.15) is 0 Å². The zero-order valence-corrected chi connectivity index (χ0v) is 23.4. The summed E-state index contributed by atoms with van der Waals surface area (Å²) in [6.07, 6.45) is 7.73. The van der Waals surface area contributed by atoms with Crippen LogP contribution in [-0.4, -0.2) is 61.4 Å². The number of benzene rings is 1. The minimum atomic E-state index is -0.302. The molecule has 0 spiro atoms. The molecule has 0 radical (unpaired) electrons. The Bertz CT molecular complexity index is 1400. The molecule has 1 unspecified atom stereocenters. The van der Waals surface area contributed by atoms with E-state index >= 15 is 0 Å². The van der Waals surface area contributed by atoms with Crippen molar-refractivity contribution in [1.29, 1.82) is 0 Å². The fourth-order valence-electron chi connectivity index (χ4n) is 5.64. The van der Waals surface area contributed by atoms with E-state index in [0.29, 0.717) is 23.6 Å². The summed E-state index contributed by atoms with van der Waals surface area (Å²) in [4.78, 5) is 42.0. The van der Waals surface area contributed by atoms with Crippen molar-refractivity contribution in [3.63, 3.8) is 0 Å². The number of carbonyl (C=O) groups excluding carboxylic acids is 1. The second kappa shape index (κ2) is 10.9. The van der Waals surface area contributed by atoms with Crippen molar-refractivity contribution in [1.82, 2.24) is 29.3 Å². The predicted octanol–water partition coefficient (Wildman–Crippen LogP) is 4.29. The molecule has 1 saturated carbocycles. The fourth-order valence-corrected chi connectivity index (χ4v) is 5.64. The molecule has 1 aromatic carbocycles. The van der Waals surface area contributed by atoms with Crippen molar-refractivity contribution in [2.45, 2.75) is 64.6 Å². The molecule has 1 aliphatic heterocycles. The third-order valence-corrected chi connectivity index (χ3v) is 7.95. The Morgan fingerprint density at radius 1 is 1.05 bits per heavy atom. The molecule has 2 aromatic heterocycles. The van der Waals surface area contributed by atoms with Crippen LogP contribution in [0.15, 0.2) is 54.1 Å². The van der Waals surface area contributed by atoms with Crippen molar-refractivity contribution in [2.75, 3.05) is 31.5 Å². The van der Waals surface area contributed by atoms with Gasteiger partial charge >= 0.3 is 5.69 Å². The molecule has 39 heavy (non-hydrogen) atoms. The maximum Gasteiger partial charge on any atom is 0.349 e. The second-order valence-electron chi connectivity index (χ2n) is 11.5. The number of piperazine rings is 1. The summed E-state index contributed by atoms with van der Waals surface area (Å²) in [7, 11) is 0. The Morgan fingerprint density at radius 2 is 1.72 bits per heavy atom. The maximum atomic E-state index is 12.4. The molecule has 2 fully saturated rings. The smallest absolute Gasteiger partial charge is 0.345 e. The number of anilines is 1. The van der Waals surface area contributed by atoms with Gasteiger partial charge < -0.3 is 10.2 Å². The predicted molar refractivity (Wildman–Crippen MR) is 154 cm³/mol. The molecule has 1 saturated heterocycles. The second-order valence-corrected chi connectivity index (χ2v) is 11.5. The van der Waals surface area contributed by atoms with E-state index in [1.54, 1.807) is 10.8 Å². The highest BCUT2D eigenvalue weighted by Gasteiger charge is 2.45. The number of amides is 1. The standard InChI is InChI=1S/C30H39N7O2/c1-6-26(38)36-15-13-35(14-16-36)25(17-20(2)3)22-7-9-24(10-8-22)30(11-12-30)34-28-31-18-23-19-32-29(39)37(21(4)5)27(23)33-28/h6-10,18-21,25H,1,11-17H2,2-5H3,(H,31,33,34). The van der Waals surface area contributed by atoms with Crippen LogP contribution in [-0.2, 0) is 10.3 Å². The minimum absolute atomic E-state index is 0.0150. The highest BCUT2D eigenvalue weighted by molar-refractivity contribution is 5.87. The highest BCUT2D eigenvalue weighted by atomic mass is 16.2. The van der Waals surface area contributed by atoms with Crippen molar-refractivity contribution >= 4 is 22.9 Å². The summed E-state index contributed by atoms with van der Waals surface area (Å²) < 4.78 is 1.61. The van der Waals surface area contributed by atoms with Crippen LogP contribution < -0.4 is 11.0 Å². The number of nitrogens with zero attached hydrogens (tertiary/aromatic N) is 6. The van der Waals surface area contributed by atoms with Crippen LogP contribution in [0.2, 0.25) is 0 Å². The van der Waals surface area contributed by atoms with E-state index in [0.717, 1.165) is 50.8 Å². The fraction of sp³-hybridized carbons (Fsp3) is 0.500. The van der Waals surface area contributed by atoms with E-state index in [2.05, 4.69) is 64.9 Å². The lowest BCUT2D eigenvalue weighted by atomic mass is 9.93. The Balaban J connectivity index is 1.35. The van der Waals surface area contributed by atoms with Crippen molar-refractivity contribution in [2.24, 2.45) is 5.92 Å². The molecule has 1 atom stereocenters. The van der Waals surface area contributed by atoms with Crippen LogP contribution in [0.4, 0.5) is 5.95 Å². The molecule has 9 heteroatoms. The molecule has 1 N–H and O–H groups in total. The summed E-state index contributed by atoms with van der Waals surface area (Å²) in [5.41, 5.74) is 2.62. The van der Waals surface area contributed by atoms with Crippen molar-refractivity contribution < 1.29 is 4.79 Å². The normalized spacial score (nSPS) is 17.9. The zero-order chi connectivity index (χ0) is 27.7. The number of aromatic nitrogens is 4. The summed E-state index contributed by atoms with van der Waals surface area (Å²) in [6.45, 7) is 15.3. The third kappa shape index (κ3) is 5.59. The lowest BCUT2D eigenvalue weighted by molar-refractivity contribution is -0.128. The monoisotopic (exact) mass is 529 g/mol. The van der Waals surface area contributed by atoms with E-state index in [-0.39, 0.29) is 23.2 Å². The average molecular weight is 530 g/mol. The zero-order valence-electron chi connectivity index (χ0n) is 23.4. The Morgan fingerprint density at radius 3 is 2.31 bits per heavy atom. The molecule has 3 heterocycles. The topological polar surface area (TPSA) is 96.3 Å².